The number of halogens is 2. The number of thiocarbonyl (C=S) groups is 1. The molecular weight excluding hydrogens is 417 g/mol. The van der Waals surface area contributed by atoms with Crippen LogP contribution in [0.25, 0.3) is 0 Å². The van der Waals surface area contributed by atoms with Crippen LogP contribution in [0, 0.1) is 0 Å². The van der Waals surface area contributed by atoms with Crippen LogP contribution in [0.2, 0.25) is 10.0 Å². The molecule has 1 fully saturated rings. The average molecular weight is 441 g/mol. The van der Waals surface area contributed by atoms with Gasteiger partial charge in [-0.2, -0.15) is 0 Å². The lowest BCUT2D eigenvalue weighted by atomic mass is 10.2. The molecule has 0 amide bonds. The molecule has 1 heterocycles. The van der Waals surface area contributed by atoms with E-state index in [0.29, 0.717) is 15.9 Å². The van der Waals surface area contributed by atoms with Crippen molar-refractivity contribution in [3.63, 3.8) is 0 Å². The van der Waals surface area contributed by atoms with Crippen LogP contribution in [0.3, 0.4) is 0 Å². The smallest absolute Gasteiger partial charge is 0.173 e. The molecular formula is C20H24Cl2N3O2S+. The second-order valence-electron chi connectivity index (χ2n) is 6.65. The molecule has 2 aromatic carbocycles. The van der Waals surface area contributed by atoms with Gasteiger partial charge < -0.3 is 24.6 Å². The molecule has 0 saturated carbocycles. The molecule has 0 radical (unpaired) electrons. The van der Waals surface area contributed by atoms with Gasteiger partial charge in [0, 0.05) is 16.7 Å². The molecule has 1 aliphatic rings. The van der Waals surface area contributed by atoms with Gasteiger partial charge in [-0.15, -0.1) is 0 Å². The summed E-state index contributed by atoms with van der Waals surface area (Å²) in [5.74, 6) is 1.44. The number of ether oxygens (including phenoxy) is 2. The van der Waals surface area contributed by atoms with Gasteiger partial charge in [0.05, 0.1) is 51.1 Å². The summed E-state index contributed by atoms with van der Waals surface area (Å²) in [5.41, 5.74) is 1.95. The summed E-state index contributed by atoms with van der Waals surface area (Å²) in [6, 6.07) is 11.3. The highest BCUT2D eigenvalue weighted by Gasteiger charge is 2.23. The third-order valence-corrected chi connectivity index (χ3v) is 5.81. The van der Waals surface area contributed by atoms with Crippen LogP contribution < -0.4 is 19.7 Å². The van der Waals surface area contributed by atoms with E-state index in [1.807, 2.05) is 30.3 Å². The molecule has 150 valence electrons. The highest BCUT2D eigenvalue weighted by molar-refractivity contribution is 7.80. The van der Waals surface area contributed by atoms with Gasteiger partial charge in [0.15, 0.2) is 5.11 Å². The van der Waals surface area contributed by atoms with Crippen molar-refractivity contribution >= 4 is 46.2 Å². The molecule has 3 rings (SSSR count). The number of hydrogen-bond donors (Lipinski definition) is 2. The Hall–Kier alpha value is -1.73. The number of anilines is 1. The predicted molar refractivity (Wildman–Crippen MR) is 118 cm³/mol. The molecule has 2 aromatic rings. The third-order valence-electron chi connectivity index (χ3n) is 4.86. The minimum absolute atomic E-state index is 0.666. The Bertz CT molecular complexity index is 842. The van der Waals surface area contributed by atoms with E-state index in [-0.39, 0.29) is 0 Å². The third kappa shape index (κ3) is 5.20. The maximum atomic E-state index is 6.31. The van der Waals surface area contributed by atoms with E-state index in [0.717, 1.165) is 54.7 Å². The summed E-state index contributed by atoms with van der Waals surface area (Å²) in [6.45, 7) is 4.62. The molecule has 28 heavy (non-hydrogen) atoms. The minimum Gasteiger partial charge on any atom is -0.497 e. The molecule has 0 spiro atoms. The Morgan fingerprint density at radius 3 is 2.50 bits per heavy atom. The van der Waals surface area contributed by atoms with Crippen molar-refractivity contribution in [3.05, 3.63) is 52.0 Å². The number of piperazine rings is 1. The minimum atomic E-state index is 0.666. The topological polar surface area (TPSA) is 38.2 Å². The maximum Gasteiger partial charge on any atom is 0.173 e. The Morgan fingerprint density at radius 2 is 1.86 bits per heavy atom. The van der Waals surface area contributed by atoms with Gasteiger partial charge in [0.1, 0.15) is 18.0 Å². The maximum absolute atomic E-state index is 6.31. The molecule has 0 aromatic heterocycles. The first-order valence-corrected chi connectivity index (χ1v) is 10.2. The summed E-state index contributed by atoms with van der Waals surface area (Å²) >= 11 is 17.9. The number of hydrogen-bond acceptors (Lipinski definition) is 3. The summed E-state index contributed by atoms with van der Waals surface area (Å²) in [4.78, 5) is 3.66. The van der Waals surface area contributed by atoms with Crippen LogP contribution in [-0.4, -0.2) is 50.4 Å². The Kier molecular flexibility index (Phi) is 7.24. The average Bonchev–Trinajstić information content (AvgIpc) is 2.71. The second kappa shape index (κ2) is 9.65. The van der Waals surface area contributed by atoms with E-state index < -0.39 is 0 Å². The van der Waals surface area contributed by atoms with E-state index in [9.17, 15) is 0 Å². The molecule has 0 unspecified atom stereocenters. The zero-order valence-corrected chi connectivity index (χ0v) is 18.3. The first-order valence-electron chi connectivity index (χ1n) is 9.05. The Balaban J connectivity index is 1.55. The van der Waals surface area contributed by atoms with Crippen LogP contribution in [-0.2, 0) is 6.54 Å². The number of methoxy groups -OCH3 is 2. The second-order valence-corrected chi connectivity index (χ2v) is 7.88. The predicted octanol–water partition coefficient (Wildman–Crippen LogP) is 3.11. The normalized spacial score (nSPS) is 14.6. The van der Waals surface area contributed by atoms with Crippen molar-refractivity contribution in [3.8, 4) is 11.5 Å². The summed E-state index contributed by atoms with van der Waals surface area (Å²) in [6.07, 6.45) is 0. The monoisotopic (exact) mass is 440 g/mol. The van der Waals surface area contributed by atoms with Crippen LogP contribution >= 0.6 is 35.4 Å². The van der Waals surface area contributed by atoms with Gasteiger partial charge in [0.25, 0.3) is 0 Å². The fraction of sp³-hybridized carbons (Fsp3) is 0.350. The number of quaternary nitrogens is 1. The zero-order chi connectivity index (χ0) is 20.1. The van der Waals surface area contributed by atoms with Crippen LogP contribution in [0.4, 0.5) is 5.69 Å². The van der Waals surface area contributed by atoms with E-state index in [1.54, 1.807) is 20.3 Å². The molecule has 0 bridgehead atoms. The SMILES string of the molecule is COc1ccc(NC(=S)N2CC[NH+](Cc3ccc(Cl)cc3Cl)CC2)c(OC)c1. The van der Waals surface area contributed by atoms with E-state index in [1.165, 1.54) is 4.90 Å². The first kappa shape index (κ1) is 21.0. The first-order chi connectivity index (χ1) is 13.5. The number of benzene rings is 2. The molecule has 1 aliphatic heterocycles. The van der Waals surface area contributed by atoms with Crippen molar-refractivity contribution < 1.29 is 14.4 Å². The highest BCUT2D eigenvalue weighted by Crippen LogP contribution is 2.29. The van der Waals surface area contributed by atoms with Gasteiger partial charge >= 0.3 is 0 Å². The summed E-state index contributed by atoms with van der Waals surface area (Å²) < 4.78 is 10.7. The van der Waals surface area contributed by atoms with Gasteiger partial charge in [0.2, 0.25) is 0 Å². The molecule has 0 aliphatic carbocycles. The fourth-order valence-electron chi connectivity index (χ4n) is 3.23. The van der Waals surface area contributed by atoms with Crippen molar-refractivity contribution in [2.75, 3.05) is 45.7 Å². The number of nitrogens with zero attached hydrogens (tertiary/aromatic N) is 1. The number of rotatable bonds is 5. The summed E-state index contributed by atoms with van der Waals surface area (Å²) in [5, 5.41) is 5.39. The van der Waals surface area contributed by atoms with E-state index in [4.69, 9.17) is 44.9 Å². The van der Waals surface area contributed by atoms with Gasteiger partial charge in [-0.3, -0.25) is 0 Å². The molecule has 5 nitrogen and oxygen atoms in total. The van der Waals surface area contributed by atoms with Crippen molar-refractivity contribution in [2.24, 2.45) is 0 Å². The highest BCUT2D eigenvalue weighted by atomic mass is 35.5. The van der Waals surface area contributed by atoms with Crippen LogP contribution in [0.15, 0.2) is 36.4 Å². The fourth-order valence-corrected chi connectivity index (χ4v) is 4.00. The number of nitrogens with one attached hydrogen (secondary N) is 2. The van der Waals surface area contributed by atoms with Gasteiger partial charge in [-0.1, -0.05) is 29.3 Å². The lowest BCUT2D eigenvalue weighted by molar-refractivity contribution is -0.917. The van der Waals surface area contributed by atoms with Crippen LogP contribution in [0.1, 0.15) is 5.56 Å². The molecule has 1 saturated heterocycles. The van der Waals surface area contributed by atoms with Crippen molar-refractivity contribution in [1.82, 2.24) is 4.90 Å². The van der Waals surface area contributed by atoms with E-state index in [2.05, 4.69) is 10.2 Å². The van der Waals surface area contributed by atoms with Gasteiger partial charge in [-0.25, -0.2) is 0 Å². The summed E-state index contributed by atoms with van der Waals surface area (Å²) in [7, 11) is 3.26. The largest absolute Gasteiger partial charge is 0.497 e. The van der Waals surface area contributed by atoms with Gasteiger partial charge in [-0.05, 0) is 36.5 Å². The van der Waals surface area contributed by atoms with E-state index >= 15 is 0 Å². The molecule has 0 atom stereocenters. The molecule has 2 N–H and O–H groups in total. The Morgan fingerprint density at radius 1 is 1.11 bits per heavy atom. The quantitative estimate of drug-likeness (QED) is 0.698. The molecule has 8 heteroatoms. The van der Waals surface area contributed by atoms with Crippen LogP contribution in [0.5, 0.6) is 11.5 Å². The lowest BCUT2D eigenvalue weighted by Crippen LogP contribution is -3.13. The zero-order valence-electron chi connectivity index (χ0n) is 15.9. The van der Waals surface area contributed by atoms with Crippen molar-refractivity contribution in [1.29, 1.82) is 0 Å². The lowest BCUT2D eigenvalue weighted by Gasteiger charge is -2.34. The standard InChI is InChI=1S/C20H23Cl2N3O2S/c1-26-16-5-6-18(19(12-16)27-2)23-20(28)25-9-7-24(8-10-25)13-14-3-4-15(21)11-17(14)22/h3-6,11-12H,7-10,13H2,1-2H3,(H,23,28)/p+1. The van der Waals surface area contributed by atoms with Crippen molar-refractivity contribution in [2.45, 2.75) is 6.54 Å². The Labute approximate surface area is 181 Å².